The predicted octanol–water partition coefficient (Wildman–Crippen LogP) is 4.35. The Labute approximate surface area is 151 Å². The van der Waals surface area contributed by atoms with Gasteiger partial charge < -0.3 is 10.2 Å². The largest absolute Gasteiger partial charge is 0.420 e. The zero-order valence-electron chi connectivity index (χ0n) is 15.7. The van der Waals surface area contributed by atoms with Crippen LogP contribution in [0.1, 0.15) is 45.1 Å². The molecule has 1 unspecified atom stereocenters. The zero-order chi connectivity index (χ0) is 19.9. The molecule has 0 saturated heterocycles. The van der Waals surface area contributed by atoms with Gasteiger partial charge in [0.2, 0.25) is 0 Å². The fourth-order valence-electron chi connectivity index (χ4n) is 2.08. The molecule has 0 amide bonds. The van der Waals surface area contributed by atoms with Gasteiger partial charge in [0.1, 0.15) is 11.3 Å². The monoisotopic (exact) mass is 387 g/mol. The number of aromatic nitrogens is 4. The minimum Gasteiger partial charge on any atom is -0.409 e. The molecular weight excluding hydrogens is 363 g/mol. The Bertz CT molecular complexity index is 783. The molecule has 2 rings (SSSR count). The molecule has 6 nitrogen and oxygen atoms in total. The molecule has 1 atom stereocenters. The summed E-state index contributed by atoms with van der Waals surface area (Å²) in [6.45, 7) is 12.3. The summed E-state index contributed by atoms with van der Waals surface area (Å²) in [6, 6.07) is 0.820. The van der Waals surface area contributed by atoms with E-state index in [4.69, 9.17) is 10.2 Å². The lowest BCUT2D eigenvalue weighted by molar-refractivity contribution is -0.137. The first-order valence-electron chi connectivity index (χ1n) is 8.15. The van der Waals surface area contributed by atoms with Crippen LogP contribution in [0.2, 0.25) is 18.1 Å². The number of hydrogen-bond donors (Lipinski definition) is 1. The van der Waals surface area contributed by atoms with E-state index in [1.807, 2.05) is 6.92 Å². The topological polar surface area (TPSA) is 78.8 Å². The normalized spacial score (nSPS) is 14.5. The van der Waals surface area contributed by atoms with Crippen molar-refractivity contribution in [3.8, 4) is 5.82 Å². The number of nitrogens with two attached hydrogens (primary N) is 1. The lowest BCUT2D eigenvalue weighted by Gasteiger charge is -2.38. The minimum atomic E-state index is -4.62. The van der Waals surface area contributed by atoms with Crippen molar-refractivity contribution in [2.24, 2.45) is 0 Å². The number of anilines is 1. The van der Waals surface area contributed by atoms with E-state index in [0.717, 1.165) is 17.1 Å². The Morgan fingerprint density at radius 1 is 1.19 bits per heavy atom. The number of alkyl halides is 3. The van der Waals surface area contributed by atoms with Gasteiger partial charge in [-0.3, -0.25) is 0 Å². The molecule has 0 radical (unpaired) electrons. The molecule has 0 aromatic carbocycles. The van der Waals surface area contributed by atoms with Gasteiger partial charge in [-0.05, 0) is 31.1 Å². The van der Waals surface area contributed by atoms with Gasteiger partial charge in [-0.15, -0.1) is 9.90 Å². The van der Waals surface area contributed by atoms with Crippen molar-refractivity contribution in [1.82, 2.24) is 20.0 Å². The van der Waals surface area contributed by atoms with E-state index in [1.165, 1.54) is 6.20 Å². The lowest BCUT2D eigenvalue weighted by atomic mass is 10.2. The van der Waals surface area contributed by atoms with Crippen LogP contribution in [-0.2, 0) is 10.6 Å². The highest BCUT2D eigenvalue weighted by molar-refractivity contribution is 6.74. The van der Waals surface area contributed by atoms with Gasteiger partial charge in [0.15, 0.2) is 14.1 Å². The Kier molecular flexibility index (Phi) is 5.21. The molecule has 0 bridgehead atoms. The van der Waals surface area contributed by atoms with Gasteiger partial charge >= 0.3 is 6.18 Å². The maximum Gasteiger partial charge on any atom is 0.420 e. The Morgan fingerprint density at radius 2 is 1.81 bits per heavy atom. The summed E-state index contributed by atoms with van der Waals surface area (Å²) in [5.74, 6) is -0.419. The molecule has 0 aliphatic rings. The maximum atomic E-state index is 13.2. The molecule has 144 valence electrons. The third kappa shape index (κ3) is 4.23. The molecule has 26 heavy (non-hydrogen) atoms. The van der Waals surface area contributed by atoms with Crippen LogP contribution >= 0.6 is 0 Å². The van der Waals surface area contributed by atoms with Crippen LogP contribution in [0.25, 0.3) is 5.82 Å². The van der Waals surface area contributed by atoms with Crippen molar-refractivity contribution >= 4 is 14.0 Å². The number of hydrogen-bond acceptors (Lipinski definition) is 5. The van der Waals surface area contributed by atoms with Crippen LogP contribution in [-0.4, -0.2) is 28.3 Å². The van der Waals surface area contributed by atoms with Crippen LogP contribution in [0.3, 0.4) is 0 Å². The summed E-state index contributed by atoms with van der Waals surface area (Å²) >= 11 is 0. The SMILES string of the molecule is CC(O[Si](C)(C)C(C)(C)C)c1cnn(-c2ncc(N)cc2C(F)(F)F)n1. The summed E-state index contributed by atoms with van der Waals surface area (Å²) < 4.78 is 46.0. The maximum absolute atomic E-state index is 13.2. The molecular formula is C16H24F3N5OSi. The first-order valence-corrected chi connectivity index (χ1v) is 11.1. The molecule has 0 fully saturated rings. The highest BCUT2D eigenvalue weighted by Gasteiger charge is 2.39. The van der Waals surface area contributed by atoms with Crippen molar-refractivity contribution in [2.45, 2.75) is 58.1 Å². The van der Waals surface area contributed by atoms with Gasteiger partial charge in [-0.1, -0.05) is 20.8 Å². The second-order valence-electron chi connectivity index (χ2n) is 7.72. The van der Waals surface area contributed by atoms with Crippen molar-refractivity contribution in [3.63, 3.8) is 0 Å². The minimum absolute atomic E-state index is 0.000773. The van der Waals surface area contributed by atoms with Gasteiger partial charge in [0, 0.05) is 0 Å². The second-order valence-corrected chi connectivity index (χ2v) is 12.5. The van der Waals surface area contributed by atoms with E-state index in [-0.39, 0.29) is 10.7 Å². The van der Waals surface area contributed by atoms with Gasteiger partial charge in [0.25, 0.3) is 0 Å². The molecule has 2 aromatic heterocycles. The number of rotatable bonds is 4. The second kappa shape index (κ2) is 6.65. The van der Waals surface area contributed by atoms with E-state index < -0.39 is 32.0 Å². The van der Waals surface area contributed by atoms with Crippen molar-refractivity contribution in [3.05, 3.63) is 29.7 Å². The molecule has 2 N–H and O–H groups in total. The predicted molar refractivity (Wildman–Crippen MR) is 95.3 cm³/mol. The van der Waals surface area contributed by atoms with Crippen molar-refractivity contribution in [2.75, 3.05) is 5.73 Å². The summed E-state index contributed by atoms with van der Waals surface area (Å²) in [4.78, 5) is 4.63. The van der Waals surface area contributed by atoms with Crippen LogP contribution in [0.15, 0.2) is 18.5 Å². The standard InChI is InChI=1S/C16H24F3N5OSi/c1-10(25-26(5,6)15(2,3)4)13-9-22-24(23-13)14-12(16(17,18)19)7-11(20)8-21-14/h7-10H,20H2,1-6H3. The van der Waals surface area contributed by atoms with E-state index in [9.17, 15) is 13.2 Å². The van der Waals surface area contributed by atoms with Crippen LogP contribution < -0.4 is 5.73 Å². The van der Waals surface area contributed by atoms with Gasteiger partial charge in [-0.2, -0.15) is 18.3 Å². The smallest absolute Gasteiger partial charge is 0.409 e. The average Bonchev–Trinajstić information content (AvgIpc) is 2.94. The van der Waals surface area contributed by atoms with Crippen LogP contribution in [0.5, 0.6) is 0 Å². The molecule has 2 heterocycles. The van der Waals surface area contributed by atoms with E-state index in [2.05, 4.69) is 49.0 Å². The number of nitrogens with zero attached hydrogens (tertiary/aromatic N) is 4. The summed E-state index contributed by atoms with van der Waals surface area (Å²) in [5, 5.41) is 8.09. The molecule has 0 aliphatic heterocycles. The van der Waals surface area contributed by atoms with Gasteiger partial charge in [0.05, 0.1) is 24.2 Å². The Hall–Kier alpha value is -1.94. The van der Waals surface area contributed by atoms with E-state index in [0.29, 0.717) is 5.69 Å². The van der Waals surface area contributed by atoms with Gasteiger partial charge in [-0.25, -0.2) is 4.98 Å². The Morgan fingerprint density at radius 3 is 2.35 bits per heavy atom. The summed E-state index contributed by atoms with van der Waals surface area (Å²) in [5.41, 5.74) is 4.81. The quantitative estimate of drug-likeness (QED) is 0.789. The molecule has 10 heteroatoms. The highest BCUT2D eigenvalue weighted by Crippen LogP contribution is 2.39. The summed E-state index contributed by atoms with van der Waals surface area (Å²) in [7, 11) is -2.06. The third-order valence-electron chi connectivity index (χ3n) is 4.59. The van der Waals surface area contributed by atoms with Crippen molar-refractivity contribution in [1.29, 1.82) is 0 Å². The molecule has 0 saturated carbocycles. The number of nitrogen functional groups attached to an aromatic ring is 1. The first kappa shape index (κ1) is 20.4. The van der Waals surface area contributed by atoms with Crippen LogP contribution in [0, 0.1) is 0 Å². The highest BCUT2D eigenvalue weighted by atomic mass is 28.4. The average molecular weight is 387 g/mol. The fourth-order valence-corrected chi connectivity index (χ4v) is 3.44. The van der Waals surface area contributed by atoms with E-state index >= 15 is 0 Å². The molecule has 0 aliphatic carbocycles. The van der Waals surface area contributed by atoms with E-state index in [1.54, 1.807) is 0 Å². The molecule has 0 spiro atoms. The van der Waals surface area contributed by atoms with Crippen molar-refractivity contribution < 1.29 is 17.6 Å². The lowest BCUT2D eigenvalue weighted by Crippen LogP contribution is -2.41. The first-order chi connectivity index (χ1) is 11.7. The Balaban J connectivity index is 2.34. The third-order valence-corrected chi connectivity index (χ3v) is 9.14. The number of halogens is 3. The summed E-state index contributed by atoms with van der Waals surface area (Å²) in [6.07, 6.45) is -2.47. The van der Waals surface area contributed by atoms with Crippen LogP contribution in [0.4, 0.5) is 18.9 Å². The fraction of sp³-hybridized carbons (Fsp3) is 0.562. The zero-order valence-corrected chi connectivity index (χ0v) is 16.7. The molecule has 2 aromatic rings. The number of pyridine rings is 1.